The lowest BCUT2D eigenvalue weighted by Crippen LogP contribution is -2.41. The number of aliphatic imine (C=N–C) groups is 1. The van der Waals surface area contributed by atoms with Gasteiger partial charge in [0.1, 0.15) is 11.5 Å². The number of hydrogen-bond donors (Lipinski definition) is 3. The lowest BCUT2D eigenvalue weighted by atomic mass is 10.2. The van der Waals surface area contributed by atoms with Gasteiger partial charge in [0.15, 0.2) is 11.7 Å². The molecule has 0 bridgehead atoms. The Morgan fingerprint density at radius 1 is 1.52 bits per heavy atom. The molecule has 21 heavy (non-hydrogen) atoms. The predicted octanol–water partition coefficient (Wildman–Crippen LogP) is 2.72. The molecule has 0 heterocycles. The molecule has 0 unspecified atom stereocenters. The van der Waals surface area contributed by atoms with Gasteiger partial charge in [0, 0.05) is 18.4 Å². The quantitative estimate of drug-likeness (QED) is 0.335. The number of nitrogens with zero attached hydrogens (tertiary/aromatic N) is 3. The van der Waals surface area contributed by atoms with Crippen LogP contribution in [0.25, 0.3) is 0 Å². The molecular formula is C13H15BrFN5O. The summed E-state index contributed by atoms with van der Waals surface area (Å²) in [6.07, 6.45) is 0. The number of allylic oxidation sites excluding steroid dienone is 1. The second-order valence-corrected chi connectivity index (χ2v) is 4.93. The highest BCUT2D eigenvalue weighted by molar-refractivity contribution is 9.10. The van der Waals surface area contributed by atoms with Crippen molar-refractivity contribution >= 4 is 39.0 Å². The van der Waals surface area contributed by atoms with Crippen LogP contribution >= 0.6 is 15.9 Å². The van der Waals surface area contributed by atoms with E-state index in [1.807, 2.05) is 0 Å². The van der Waals surface area contributed by atoms with E-state index in [1.165, 1.54) is 30.1 Å². The molecule has 0 aliphatic rings. The molecule has 0 radical (unpaired) electrons. The maximum absolute atomic E-state index is 13.4. The van der Waals surface area contributed by atoms with Crippen molar-refractivity contribution < 1.29 is 9.60 Å². The molecule has 4 N–H and O–H groups in total. The molecule has 1 aromatic rings. The second kappa shape index (κ2) is 6.98. The summed E-state index contributed by atoms with van der Waals surface area (Å²) in [6.45, 7) is 5.51. The highest BCUT2D eigenvalue weighted by Crippen LogP contribution is 2.26. The minimum Gasteiger partial charge on any atom is -0.409 e. The number of hydrogen-bond acceptors (Lipinski definition) is 4. The molecule has 8 heteroatoms. The van der Waals surface area contributed by atoms with E-state index in [0.29, 0.717) is 11.4 Å². The molecule has 6 nitrogen and oxygen atoms in total. The van der Waals surface area contributed by atoms with Crippen molar-refractivity contribution in [2.24, 2.45) is 15.9 Å². The van der Waals surface area contributed by atoms with Gasteiger partial charge in [-0.2, -0.15) is 0 Å². The standard InChI is InChI=1S/C13H15BrFN5O/c1-7(2)20(8-4-5-10(15)9(14)6-8)13(18-3)11(16)12(17)19-21/h4-6,16,21H,1H2,2-3H3,(H2,17,19). The Morgan fingerprint density at radius 2 is 2.14 bits per heavy atom. The van der Waals surface area contributed by atoms with Gasteiger partial charge in [0.05, 0.1) is 4.47 Å². The highest BCUT2D eigenvalue weighted by Gasteiger charge is 2.22. The molecule has 0 aliphatic heterocycles. The van der Waals surface area contributed by atoms with Crippen LogP contribution in [-0.4, -0.2) is 29.6 Å². The Kier molecular flexibility index (Phi) is 5.60. The first-order valence-corrected chi connectivity index (χ1v) is 6.57. The summed E-state index contributed by atoms with van der Waals surface area (Å²) in [5.41, 5.74) is 6.22. The molecule has 112 valence electrons. The van der Waals surface area contributed by atoms with Gasteiger partial charge in [-0.1, -0.05) is 11.7 Å². The van der Waals surface area contributed by atoms with E-state index in [4.69, 9.17) is 16.4 Å². The number of amidine groups is 2. The topological polar surface area (TPSA) is 98.1 Å². The van der Waals surface area contributed by atoms with Crippen molar-refractivity contribution in [2.75, 3.05) is 11.9 Å². The van der Waals surface area contributed by atoms with Gasteiger partial charge >= 0.3 is 0 Å². The zero-order valence-electron chi connectivity index (χ0n) is 11.6. The molecule has 1 rings (SSSR count). The fourth-order valence-corrected chi connectivity index (χ4v) is 2.00. The van der Waals surface area contributed by atoms with Crippen molar-refractivity contribution in [3.63, 3.8) is 0 Å². The predicted molar refractivity (Wildman–Crippen MR) is 85.9 cm³/mol. The lowest BCUT2D eigenvalue weighted by molar-refractivity contribution is 0.319. The number of anilines is 1. The van der Waals surface area contributed by atoms with Gasteiger partial charge in [0.25, 0.3) is 0 Å². The lowest BCUT2D eigenvalue weighted by Gasteiger charge is -2.26. The number of oxime groups is 1. The Balaban J connectivity index is 3.38. The molecule has 0 saturated heterocycles. The summed E-state index contributed by atoms with van der Waals surface area (Å²) in [5, 5.41) is 19.4. The molecule has 0 aliphatic carbocycles. The third-order valence-corrected chi connectivity index (χ3v) is 3.16. The third kappa shape index (κ3) is 3.66. The Morgan fingerprint density at radius 3 is 2.57 bits per heavy atom. The van der Waals surface area contributed by atoms with Crippen molar-refractivity contribution in [1.82, 2.24) is 0 Å². The number of halogens is 2. The first-order chi connectivity index (χ1) is 9.83. The summed E-state index contributed by atoms with van der Waals surface area (Å²) >= 11 is 3.10. The van der Waals surface area contributed by atoms with E-state index in [2.05, 4.69) is 32.7 Å². The molecule has 0 fully saturated rings. The Labute approximate surface area is 130 Å². The summed E-state index contributed by atoms with van der Waals surface area (Å²) in [7, 11) is 1.46. The van der Waals surface area contributed by atoms with E-state index in [9.17, 15) is 4.39 Å². The maximum Gasteiger partial charge on any atom is 0.191 e. The summed E-state index contributed by atoms with van der Waals surface area (Å²) in [6, 6.07) is 4.31. The molecule has 0 saturated carbocycles. The first-order valence-electron chi connectivity index (χ1n) is 5.77. The van der Waals surface area contributed by atoms with Crippen molar-refractivity contribution in [2.45, 2.75) is 6.92 Å². The number of benzene rings is 1. The maximum atomic E-state index is 13.4. The van der Waals surface area contributed by atoms with Gasteiger partial charge in [-0.05, 0) is 41.1 Å². The van der Waals surface area contributed by atoms with Gasteiger partial charge in [-0.15, -0.1) is 0 Å². The minimum atomic E-state index is -0.415. The Hall–Kier alpha value is -2.22. The van der Waals surface area contributed by atoms with Gasteiger partial charge < -0.3 is 10.9 Å². The van der Waals surface area contributed by atoms with Gasteiger partial charge in [-0.3, -0.25) is 15.3 Å². The smallest absolute Gasteiger partial charge is 0.191 e. The van der Waals surface area contributed by atoms with Crippen LogP contribution in [0.4, 0.5) is 10.1 Å². The number of nitrogens with one attached hydrogen (secondary N) is 1. The van der Waals surface area contributed by atoms with Crippen LogP contribution in [0.15, 0.2) is 45.1 Å². The fourth-order valence-electron chi connectivity index (χ4n) is 1.64. The van der Waals surface area contributed by atoms with E-state index < -0.39 is 5.82 Å². The van der Waals surface area contributed by atoms with Crippen molar-refractivity contribution in [3.05, 3.63) is 40.8 Å². The summed E-state index contributed by atoms with van der Waals surface area (Å²) in [4.78, 5) is 5.49. The number of nitrogens with two attached hydrogens (primary N) is 1. The summed E-state index contributed by atoms with van der Waals surface area (Å²) < 4.78 is 13.6. The number of rotatable bonds is 4. The SMILES string of the molecule is C=C(C)N(C(=NC)C(=N)/C(N)=N\O)c1ccc(F)c(Br)c1. The van der Waals surface area contributed by atoms with Crippen LogP contribution in [0, 0.1) is 11.2 Å². The average molecular weight is 356 g/mol. The molecule has 1 aromatic carbocycles. The van der Waals surface area contributed by atoms with Crippen LogP contribution in [-0.2, 0) is 0 Å². The van der Waals surface area contributed by atoms with Crippen LogP contribution < -0.4 is 10.6 Å². The zero-order chi connectivity index (χ0) is 16.2. The van der Waals surface area contributed by atoms with E-state index in [-0.39, 0.29) is 21.9 Å². The largest absolute Gasteiger partial charge is 0.409 e. The van der Waals surface area contributed by atoms with Crippen molar-refractivity contribution in [1.29, 1.82) is 5.41 Å². The third-order valence-electron chi connectivity index (χ3n) is 2.55. The minimum absolute atomic E-state index is 0.122. The van der Waals surface area contributed by atoms with Gasteiger partial charge in [0.2, 0.25) is 0 Å². The molecule has 0 amide bonds. The van der Waals surface area contributed by atoms with Crippen molar-refractivity contribution in [3.8, 4) is 0 Å². The Bertz CT molecular complexity index is 641. The average Bonchev–Trinajstić information content (AvgIpc) is 2.45. The molecule has 0 spiro atoms. The van der Waals surface area contributed by atoms with Crippen LogP contribution in [0.5, 0.6) is 0 Å². The van der Waals surface area contributed by atoms with Gasteiger partial charge in [-0.25, -0.2) is 4.39 Å². The van der Waals surface area contributed by atoms with E-state index in [0.717, 1.165) is 0 Å². The summed E-state index contributed by atoms with van der Waals surface area (Å²) in [5.74, 6) is -0.679. The fraction of sp³-hybridized carbons (Fsp3) is 0.154. The normalized spacial score (nSPS) is 12.2. The highest BCUT2D eigenvalue weighted by atomic mass is 79.9. The van der Waals surface area contributed by atoms with Crippen LogP contribution in [0.2, 0.25) is 0 Å². The van der Waals surface area contributed by atoms with E-state index >= 15 is 0 Å². The van der Waals surface area contributed by atoms with E-state index in [1.54, 1.807) is 6.92 Å². The second-order valence-electron chi connectivity index (χ2n) is 4.08. The monoisotopic (exact) mass is 355 g/mol. The first kappa shape index (κ1) is 16.8. The molecule has 0 atom stereocenters. The molecule has 0 aromatic heterocycles. The van der Waals surface area contributed by atoms with Crippen LogP contribution in [0.3, 0.4) is 0 Å². The molecular weight excluding hydrogens is 341 g/mol. The van der Waals surface area contributed by atoms with Crippen LogP contribution in [0.1, 0.15) is 6.92 Å². The zero-order valence-corrected chi connectivity index (χ0v) is 13.1.